The van der Waals surface area contributed by atoms with Crippen LogP contribution in [0.1, 0.15) is 20.3 Å². The quantitative estimate of drug-likeness (QED) is 0.853. The van der Waals surface area contributed by atoms with Crippen molar-refractivity contribution in [2.45, 2.75) is 31.2 Å². The molecule has 1 N–H and O–H groups in total. The van der Waals surface area contributed by atoms with Crippen LogP contribution in [0.15, 0.2) is 29.2 Å². The Morgan fingerprint density at radius 3 is 2.45 bits per heavy atom. The largest absolute Gasteiger partial charge is 0.497 e. The van der Waals surface area contributed by atoms with E-state index in [0.717, 1.165) is 0 Å². The van der Waals surface area contributed by atoms with Crippen LogP contribution in [-0.4, -0.2) is 45.5 Å². The van der Waals surface area contributed by atoms with Gasteiger partial charge in [0.25, 0.3) is 0 Å². The summed E-state index contributed by atoms with van der Waals surface area (Å²) in [6.45, 7) is 4.79. The van der Waals surface area contributed by atoms with Crippen LogP contribution in [-0.2, 0) is 14.8 Å². The molecule has 0 aliphatic carbocycles. The summed E-state index contributed by atoms with van der Waals surface area (Å²) in [5, 5.41) is 0. The highest BCUT2D eigenvalue weighted by molar-refractivity contribution is 7.89. The SMILES string of the molecule is COc1ccc(S(=O)(=O)NCC2CC(=O)N(C(C)C)C2)cc1. The van der Waals surface area contributed by atoms with Gasteiger partial charge in [0, 0.05) is 25.6 Å². The summed E-state index contributed by atoms with van der Waals surface area (Å²) in [5.74, 6) is 0.708. The van der Waals surface area contributed by atoms with E-state index >= 15 is 0 Å². The molecular weight excluding hydrogens is 304 g/mol. The lowest BCUT2D eigenvalue weighted by atomic mass is 10.1. The van der Waals surface area contributed by atoms with Crippen molar-refractivity contribution in [1.82, 2.24) is 9.62 Å². The molecule has 0 saturated carbocycles. The first-order valence-corrected chi connectivity index (χ1v) is 8.75. The van der Waals surface area contributed by atoms with Gasteiger partial charge < -0.3 is 9.64 Å². The number of nitrogens with one attached hydrogen (secondary N) is 1. The zero-order chi connectivity index (χ0) is 16.3. The molecule has 1 fully saturated rings. The van der Waals surface area contributed by atoms with Crippen molar-refractivity contribution >= 4 is 15.9 Å². The van der Waals surface area contributed by atoms with Gasteiger partial charge in [0.15, 0.2) is 0 Å². The maximum absolute atomic E-state index is 12.2. The number of carbonyl (C=O) groups is 1. The molecule has 0 bridgehead atoms. The number of methoxy groups -OCH3 is 1. The van der Waals surface area contributed by atoms with E-state index in [0.29, 0.717) is 18.7 Å². The van der Waals surface area contributed by atoms with Crippen LogP contribution in [0.2, 0.25) is 0 Å². The molecule has 6 nitrogen and oxygen atoms in total. The van der Waals surface area contributed by atoms with E-state index in [1.165, 1.54) is 19.2 Å². The van der Waals surface area contributed by atoms with Crippen LogP contribution in [0.3, 0.4) is 0 Å². The van der Waals surface area contributed by atoms with Crippen molar-refractivity contribution in [2.24, 2.45) is 5.92 Å². The van der Waals surface area contributed by atoms with E-state index < -0.39 is 10.0 Å². The number of hydrogen-bond donors (Lipinski definition) is 1. The molecule has 1 heterocycles. The fraction of sp³-hybridized carbons (Fsp3) is 0.533. The topological polar surface area (TPSA) is 75.7 Å². The zero-order valence-electron chi connectivity index (χ0n) is 13.1. The highest BCUT2D eigenvalue weighted by atomic mass is 32.2. The lowest BCUT2D eigenvalue weighted by Crippen LogP contribution is -2.34. The molecule has 1 atom stereocenters. The van der Waals surface area contributed by atoms with Gasteiger partial charge in [-0.05, 0) is 44.0 Å². The Balaban J connectivity index is 1.97. The first kappa shape index (κ1) is 16.8. The second kappa shape index (κ2) is 6.66. The van der Waals surface area contributed by atoms with Gasteiger partial charge in [0.1, 0.15) is 5.75 Å². The van der Waals surface area contributed by atoms with Crippen molar-refractivity contribution < 1.29 is 17.9 Å². The number of sulfonamides is 1. The molecule has 122 valence electrons. The summed E-state index contributed by atoms with van der Waals surface area (Å²) >= 11 is 0. The predicted octanol–water partition coefficient (Wildman–Crippen LogP) is 1.23. The standard InChI is InChI=1S/C15H22N2O4S/c1-11(2)17-10-12(8-15(17)18)9-16-22(19,20)14-6-4-13(21-3)5-7-14/h4-7,11-12,16H,8-10H2,1-3H3. The maximum atomic E-state index is 12.2. The van der Waals surface area contributed by atoms with Crippen molar-refractivity contribution in [3.05, 3.63) is 24.3 Å². The molecule has 1 aromatic rings. The molecule has 7 heteroatoms. The van der Waals surface area contributed by atoms with E-state index in [2.05, 4.69) is 4.72 Å². The summed E-state index contributed by atoms with van der Waals surface area (Å²) in [4.78, 5) is 13.8. The van der Waals surface area contributed by atoms with Crippen LogP contribution in [0.4, 0.5) is 0 Å². The van der Waals surface area contributed by atoms with Gasteiger partial charge >= 0.3 is 0 Å². The highest BCUT2D eigenvalue weighted by Gasteiger charge is 2.31. The molecule has 1 amide bonds. The van der Waals surface area contributed by atoms with Crippen LogP contribution in [0.25, 0.3) is 0 Å². The number of likely N-dealkylation sites (tertiary alicyclic amines) is 1. The number of benzene rings is 1. The minimum atomic E-state index is -3.56. The summed E-state index contributed by atoms with van der Waals surface area (Å²) < 4.78 is 32.1. The average molecular weight is 326 g/mol. The lowest BCUT2D eigenvalue weighted by Gasteiger charge is -2.21. The number of nitrogens with zero attached hydrogens (tertiary/aromatic N) is 1. The van der Waals surface area contributed by atoms with E-state index in [9.17, 15) is 13.2 Å². The number of carbonyl (C=O) groups excluding carboxylic acids is 1. The van der Waals surface area contributed by atoms with Gasteiger partial charge in [0.05, 0.1) is 12.0 Å². The van der Waals surface area contributed by atoms with Gasteiger partial charge in [-0.2, -0.15) is 0 Å². The Bertz CT molecular complexity index is 625. The van der Waals surface area contributed by atoms with Gasteiger partial charge in [-0.3, -0.25) is 4.79 Å². The van der Waals surface area contributed by atoms with Crippen molar-refractivity contribution in [3.63, 3.8) is 0 Å². The van der Waals surface area contributed by atoms with Gasteiger partial charge in [0.2, 0.25) is 15.9 Å². The zero-order valence-corrected chi connectivity index (χ0v) is 13.9. The van der Waals surface area contributed by atoms with E-state index in [-0.39, 0.29) is 29.3 Å². The molecule has 1 aromatic carbocycles. The summed E-state index contributed by atoms with van der Waals surface area (Å²) in [6.07, 6.45) is 0.392. The third-order valence-electron chi connectivity index (χ3n) is 3.79. The van der Waals surface area contributed by atoms with Crippen LogP contribution >= 0.6 is 0 Å². The summed E-state index contributed by atoms with van der Waals surface area (Å²) in [6, 6.07) is 6.36. The second-order valence-electron chi connectivity index (χ2n) is 5.74. The maximum Gasteiger partial charge on any atom is 0.240 e. The normalized spacial score (nSPS) is 19.0. The second-order valence-corrected chi connectivity index (χ2v) is 7.50. The number of hydrogen-bond acceptors (Lipinski definition) is 4. The highest BCUT2D eigenvalue weighted by Crippen LogP contribution is 2.20. The molecule has 0 spiro atoms. The molecule has 2 rings (SSSR count). The molecule has 1 aliphatic rings. The van der Waals surface area contributed by atoms with Crippen LogP contribution in [0, 0.1) is 5.92 Å². The minimum Gasteiger partial charge on any atom is -0.497 e. The van der Waals surface area contributed by atoms with Crippen molar-refractivity contribution in [1.29, 1.82) is 0 Å². The Morgan fingerprint density at radius 1 is 1.32 bits per heavy atom. The first-order valence-electron chi connectivity index (χ1n) is 7.26. The van der Waals surface area contributed by atoms with E-state index in [1.807, 2.05) is 13.8 Å². The van der Waals surface area contributed by atoms with Gasteiger partial charge in [-0.1, -0.05) is 0 Å². The first-order chi connectivity index (χ1) is 10.3. The molecule has 1 aliphatic heterocycles. The minimum absolute atomic E-state index is 0.0166. The van der Waals surface area contributed by atoms with Gasteiger partial charge in [-0.15, -0.1) is 0 Å². The molecule has 0 radical (unpaired) electrons. The molecular formula is C15H22N2O4S. The number of rotatable bonds is 6. The third-order valence-corrected chi connectivity index (χ3v) is 5.23. The third kappa shape index (κ3) is 3.78. The smallest absolute Gasteiger partial charge is 0.240 e. The van der Waals surface area contributed by atoms with E-state index in [1.54, 1.807) is 17.0 Å². The van der Waals surface area contributed by atoms with Gasteiger partial charge in [-0.25, -0.2) is 13.1 Å². The number of amides is 1. The van der Waals surface area contributed by atoms with Crippen LogP contribution in [0.5, 0.6) is 5.75 Å². The Hall–Kier alpha value is -1.60. The average Bonchev–Trinajstić information content (AvgIpc) is 2.87. The van der Waals surface area contributed by atoms with Crippen molar-refractivity contribution in [3.8, 4) is 5.75 Å². The molecule has 1 unspecified atom stereocenters. The number of ether oxygens (including phenoxy) is 1. The summed E-state index contributed by atoms with van der Waals surface area (Å²) in [7, 11) is -2.04. The fourth-order valence-electron chi connectivity index (χ4n) is 2.51. The lowest BCUT2D eigenvalue weighted by molar-refractivity contribution is -0.129. The van der Waals surface area contributed by atoms with Crippen LogP contribution < -0.4 is 9.46 Å². The molecule has 0 aromatic heterocycles. The predicted molar refractivity (Wildman–Crippen MR) is 83.1 cm³/mol. The summed E-state index contributed by atoms with van der Waals surface area (Å²) in [5.41, 5.74) is 0. The Morgan fingerprint density at radius 2 is 1.95 bits per heavy atom. The van der Waals surface area contributed by atoms with Crippen molar-refractivity contribution in [2.75, 3.05) is 20.2 Å². The Labute approximate surface area is 131 Å². The molecule has 1 saturated heterocycles. The molecule has 22 heavy (non-hydrogen) atoms. The Kier molecular flexibility index (Phi) is 5.08. The monoisotopic (exact) mass is 326 g/mol. The van der Waals surface area contributed by atoms with E-state index in [4.69, 9.17) is 4.74 Å². The fourth-order valence-corrected chi connectivity index (χ4v) is 3.63.